The third-order valence-corrected chi connectivity index (χ3v) is 1.80. The van der Waals surface area contributed by atoms with E-state index >= 15 is 0 Å². The molecule has 0 aliphatic carbocycles. The highest BCUT2D eigenvalue weighted by molar-refractivity contribution is 4.59. The Morgan fingerprint density at radius 3 is 2.38 bits per heavy atom. The van der Waals surface area contributed by atoms with Crippen molar-refractivity contribution in [3.63, 3.8) is 0 Å². The fourth-order valence-electron chi connectivity index (χ4n) is 0.997. The zero-order valence-electron chi connectivity index (χ0n) is 9.30. The Hall–Kier alpha value is -0.120. The summed E-state index contributed by atoms with van der Waals surface area (Å²) in [7, 11) is 1.73. The van der Waals surface area contributed by atoms with E-state index in [-0.39, 0.29) is 0 Å². The molecule has 0 aromatic rings. The fourth-order valence-corrected chi connectivity index (χ4v) is 0.997. The van der Waals surface area contributed by atoms with Crippen molar-refractivity contribution in [2.75, 3.05) is 26.9 Å². The molecule has 0 aliphatic heterocycles. The van der Waals surface area contributed by atoms with Crippen molar-refractivity contribution in [1.82, 2.24) is 5.32 Å². The van der Waals surface area contributed by atoms with E-state index in [0.29, 0.717) is 12.1 Å². The standard InChI is InChI=1S/C10H23NO2/c1-9(2)13-8-6-11-10(3)5-7-12-4/h9-11H,5-8H2,1-4H3. The average molecular weight is 189 g/mol. The van der Waals surface area contributed by atoms with Crippen LogP contribution in [0.5, 0.6) is 0 Å². The van der Waals surface area contributed by atoms with Crippen LogP contribution < -0.4 is 5.32 Å². The first-order valence-electron chi connectivity index (χ1n) is 5.00. The molecule has 0 amide bonds. The quantitative estimate of drug-likeness (QED) is 0.586. The maximum Gasteiger partial charge on any atom is 0.0594 e. The molecule has 3 heteroatoms. The summed E-state index contributed by atoms with van der Waals surface area (Å²) in [6, 6.07) is 0.510. The number of hydrogen-bond donors (Lipinski definition) is 1. The topological polar surface area (TPSA) is 30.5 Å². The van der Waals surface area contributed by atoms with E-state index in [1.165, 1.54) is 0 Å². The van der Waals surface area contributed by atoms with Gasteiger partial charge in [-0.3, -0.25) is 0 Å². The lowest BCUT2D eigenvalue weighted by Crippen LogP contribution is -2.30. The molecule has 0 radical (unpaired) electrons. The van der Waals surface area contributed by atoms with Gasteiger partial charge in [-0.25, -0.2) is 0 Å². The molecule has 0 aliphatic rings. The van der Waals surface area contributed by atoms with Crippen molar-refractivity contribution in [3.8, 4) is 0 Å². The van der Waals surface area contributed by atoms with Gasteiger partial charge in [-0.15, -0.1) is 0 Å². The van der Waals surface area contributed by atoms with Crippen LogP contribution in [0.3, 0.4) is 0 Å². The molecule has 0 aromatic heterocycles. The van der Waals surface area contributed by atoms with Gasteiger partial charge in [-0.2, -0.15) is 0 Å². The second-order valence-corrected chi connectivity index (χ2v) is 3.56. The Morgan fingerprint density at radius 1 is 1.15 bits per heavy atom. The Labute approximate surface area is 81.8 Å². The number of methoxy groups -OCH3 is 1. The van der Waals surface area contributed by atoms with Crippen LogP contribution in [0.1, 0.15) is 27.2 Å². The Bertz CT molecular complexity index is 107. The van der Waals surface area contributed by atoms with Gasteiger partial charge < -0.3 is 14.8 Å². The van der Waals surface area contributed by atoms with E-state index in [1.54, 1.807) is 7.11 Å². The molecular weight excluding hydrogens is 166 g/mol. The minimum Gasteiger partial charge on any atom is -0.385 e. The van der Waals surface area contributed by atoms with Crippen LogP contribution >= 0.6 is 0 Å². The number of ether oxygens (including phenoxy) is 2. The zero-order chi connectivity index (χ0) is 10.1. The van der Waals surface area contributed by atoms with Crippen molar-refractivity contribution in [2.45, 2.75) is 39.3 Å². The van der Waals surface area contributed by atoms with Crippen LogP contribution in [-0.4, -0.2) is 39.0 Å². The second kappa shape index (κ2) is 8.48. The SMILES string of the molecule is COCCC(C)NCCOC(C)C. The Morgan fingerprint density at radius 2 is 1.85 bits per heavy atom. The van der Waals surface area contributed by atoms with Crippen molar-refractivity contribution in [2.24, 2.45) is 0 Å². The lowest BCUT2D eigenvalue weighted by atomic mass is 10.2. The van der Waals surface area contributed by atoms with Crippen LogP contribution in [-0.2, 0) is 9.47 Å². The van der Waals surface area contributed by atoms with Gasteiger partial charge in [0.25, 0.3) is 0 Å². The highest BCUT2D eigenvalue weighted by Gasteiger charge is 2.00. The maximum absolute atomic E-state index is 5.40. The molecule has 3 nitrogen and oxygen atoms in total. The molecule has 0 bridgehead atoms. The predicted molar refractivity (Wildman–Crippen MR) is 55.0 cm³/mol. The summed E-state index contributed by atoms with van der Waals surface area (Å²) in [5.41, 5.74) is 0. The molecule has 0 saturated heterocycles. The summed E-state index contributed by atoms with van der Waals surface area (Å²) in [5, 5.41) is 3.37. The smallest absolute Gasteiger partial charge is 0.0594 e. The largest absolute Gasteiger partial charge is 0.385 e. The molecule has 0 spiro atoms. The molecular formula is C10H23NO2. The van der Waals surface area contributed by atoms with Gasteiger partial charge in [0.1, 0.15) is 0 Å². The summed E-state index contributed by atoms with van der Waals surface area (Å²) >= 11 is 0. The number of rotatable bonds is 8. The van der Waals surface area contributed by atoms with Gasteiger partial charge in [0, 0.05) is 26.3 Å². The zero-order valence-corrected chi connectivity index (χ0v) is 9.30. The van der Waals surface area contributed by atoms with Crippen LogP contribution in [0.25, 0.3) is 0 Å². The van der Waals surface area contributed by atoms with Gasteiger partial charge in [0.05, 0.1) is 12.7 Å². The first kappa shape index (κ1) is 12.9. The van der Waals surface area contributed by atoms with Crippen LogP contribution in [0.2, 0.25) is 0 Å². The van der Waals surface area contributed by atoms with Crippen molar-refractivity contribution >= 4 is 0 Å². The van der Waals surface area contributed by atoms with Crippen molar-refractivity contribution in [3.05, 3.63) is 0 Å². The Balaban J connectivity index is 3.12. The molecule has 0 aromatic carbocycles. The number of hydrogen-bond acceptors (Lipinski definition) is 3. The molecule has 0 fully saturated rings. The summed E-state index contributed by atoms with van der Waals surface area (Å²) in [5.74, 6) is 0. The minimum atomic E-state index is 0.330. The molecule has 13 heavy (non-hydrogen) atoms. The lowest BCUT2D eigenvalue weighted by molar-refractivity contribution is 0.0787. The Kier molecular flexibility index (Phi) is 8.40. The maximum atomic E-state index is 5.40. The first-order chi connectivity index (χ1) is 6.16. The van der Waals surface area contributed by atoms with Gasteiger partial charge in [0.15, 0.2) is 0 Å². The number of nitrogens with one attached hydrogen (secondary N) is 1. The first-order valence-corrected chi connectivity index (χ1v) is 5.00. The highest BCUT2D eigenvalue weighted by Crippen LogP contribution is 1.91. The lowest BCUT2D eigenvalue weighted by Gasteiger charge is -2.14. The van der Waals surface area contributed by atoms with E-state index in [0.717, 1.165) is 26.2 Å². The normalized spacial score (nSPS) is 13.6. The summed E-state index contributed by atoms with van der Waals surface area (Å²) in [6.07, 6.45) is 1.38. The third kappa shape index (κ3) is 9.80. The molecule has 1 atom stereocenters. The van der Waals surface area contributed by atoms with E-state index in [2.05, 4.69) is 12.2 Å². The monoisotopic (exact) mass is 189 g/mol. The average Bonchev–Trinajstić information content (AvgIpc) is 2.08. The van der Waals surface area contributed by atoms with Gasteiger partial charge in [-0.1, -0.05) is 0 Å². The van der Waals surface area contributed by atoms with Crippen LogP contribution in [0, 0.1) is 0 Å². The summed E-state index contributed by atoms with van der Waals surface area (Å²) in [4.78, 5) is 0. The molecule has 0 heterocycles. The van der Waals surface area contributed by atoms with Crippen molar-refractivity contribution in [1.29, 1.82) is 0 Å². The van der Waals surface area contributed by atoms with E-state index in [1.807, 2.05) is 13.8 Å². The van der Waals surface area contributed by atoms with Gasteiger partial charge >= 0.3 is 0 Å². The van der Waals surface area contributed by atoms with Crippen LogP contribution in [0.4, 0.5) is 0 Å². The van der Waals surface area contributed by atoms with Gasteiger partial charge in [-0.05, 0) is 27.2 Å². The molecule has 1 unspecified atom stereocenters. The van der Waals surface area contributed by atoms with Crippen molar-refractivity contribution < 1.29 is 9.47 Å². The van der Waals surface area contributed by atoms with E-state index in [9.17, 15) is 0 Å². The third-order valence-electron chi connectivity index (χ3n) is 1.80. The summed E-state index contributed by atoms with van der Waals surface area (Å²) < 4.78 is 10.4. The second-order valence-electron chi connectivity index (χ2n) is 3.56. The fraction of sp³-hybridized carbons (Fsp3) is 1.00. The molecule has 0 rings (SSSR count). The minimum absolute atomic E-state index is 0.330. The molecule has 1 N–H and O–H groups in total. The molecule has 80 valence electrons. The van der Waals surface area contributed by atoms with Gasteiger partial charge in [0.2, 0.25) is 0 Å². The van der Waals surface area contributed by atoms with E-state index in [4.69, 9.17) is 9.47 Å². The predicted octanol–water partition coefficient (Wildman–Crippen LogP) is 1.43. The highest BCUT2D eigenvalue weighted by atomic mass is 16.5. The summed E-state index contributed by atoms with van der Waals surface area (Å²) in [6.45, 7) is 8.79. The molecule has 0 saturated carbocycles. The van der Waals surface area contributed by atoms with Crippen LogP contribution in [0.15, 0.2) is 0 Å². The van der Waals surface area contributed by atoms with E-state index < -0.39 is 0 Å².